The third kappa shape index (κ3) is 4.57. The summed E-state index contributed by atoms with van der Waals surface area (Å²) in [5.41, 5.74) is 4.24. The van der Waals surface area contributed by atoms with Crippen LogP contribution in [-0.4, -0.2) is 40.6 Å². The topological polar surface area (TPSA) is 90.9 Å². The summed E-state index contributed by atoms with van der Waals surface area (Å²) >= 11 is 0. The Morgan fingerprint density at radius 3 is 1.97 bits per heavy atom. The number of hydrogen-bond donors (Lipinski definition) is 0. The van der Waals surface area contributed by atoms with Gasteiger partial charge in [-0.3, -0.25) is 4.79 Å². The maximum absolute atomic E-state index is 11.7. The zero-order valence-corrected chi connectivity index (χ0v) is 19.4. The van der Waals surface area contributed by atoms with Gasteiger partial charge < -0.3 is 9.13 Å². The molecule has 3 aromatic heterocycles. The van der Waals surface area contributed by atoms with Crippen molar-refractivity contribution in [3.8, 4) is 0 Å². The number of Topliss-reactive ketones (excluding diaryl/α,β-unsaturated/α-hetero) is 1. The highest BCUT2D eigenvalue weighted by Crippen LogP contribution is 2.29. The van der Waals surface area contributed by atoms with Crippen LogP contribution in [-0.2, 0) is 0 Å². The van der Waals surface area contributed by atoms with Crippen LogP contribution in [0.15, 0.2) is 4.99 Å². The molecule has 0 aliphatic carbocycles. The molecule has 4 rings (SSSR count). The SMILES string of the molecule is C.CC1=Nc2c(nc(C)n2C(C)C)C(=O)C1.Cc1nc(C)c2nc(C)n(C(C)C)c2n1. The van der Waals surface area contributed by atoms with E-state index in [2.05, 4.69) is 57.2 Å². The maximum Gasteiger partial charge on any atom is 0.190 e. The van der Waals surface area contributed by atoms with E-state index in [1.54, 1.807) is 0 Å². The van der Waals surface area contributed by atoms with E-state index in [4.69, 9.17) is 0 Å². The van der Waals surface area contributed by atoms with Gasteiger partial charge in [0.1, 0.15) is 23.0 Å². The third-order valence-corrected chi connectivity index (χ3v) is 5.07. The van der Waals surface area contributed by atoms with Crippen molar-refractivity contribution >= 4 is 28.5 Å². The van der Waals surface area contributed by atoms with Gasteiger partial charge in [0.25, 0.3) is 0 Å². The predicted octanol–water partition coefficient (Wildman–Crippen LogP) is 5.42. The maximum atomic E-state index is 11.7. The van der Waals surface area contributed by atoms with Crippen LogP contribution in [0.1, 0.15) is 94.2 Å². The van der Waals surface area contributed by atoms with Gasteiger partial charge in [-0.2, -0.15) is 0 Å². The summed E-state index contributed by atoms with van der Waals surface area (Å²) in [5, 5.41) is 0. The minimum atomic E-state index is 0. The van der Waals surface area contributed by atoms with E-state index >= 15 is 0 Å². The second-order valence-electron chi connectivity index (χ2n) is 8.39. The fraction of sp³-hybridized carbons (Fsp3) is 0.565. The lowest BCUT2D eigenvalue weighted by Gasteiger charge is -2.14. The smallest absolute Gasteiger partial charge is 0.190 e. The highest BCUT2D eigenvalue weighted by molar-refractivity contribution is 6.13. The minimum Gasteiger partial charge on any atom is -0.310 e. The Kier molecular flexibility index (Phi) is 7.14. The molecule has 3 aromatic rings. The molecule has 0 bridgehead atoms. The molecule has 0 atom stereocenters. The van der Waals surface area contributed by atoms with E-state index in [9.17, 15) is 4.79 Å². The average Bonchev–Trinajstić information content (AvgIpc) is 3.12. The minimum absolute atomic E-state index is 0. The molecule has 0 aromatic carbocycles. The van der Waals surface area contributed by atoms with E-state index in [1.165, 1.54) is 0 Å². The summed E-state index contributed by atoms with van der Waals surface area (Å²) in [6, 6.07) is 0.660. The number of rotatable bonds is 2. The lowest BCUT2D eigenvalue weighted by molar-refractivity contribution is 0.0995. The number of aliphatic imine (C=N–C) groups is 1. The third-order valence-electron chi connectivity index (χ3n) is 5.07. The highest BCUT2D eigenvalue weighted by Gasteiger charge is 2.25. The van der Waals surface area contributed by atoms with Crippen LogP contribution in [0.3, 0.4) is 0 Å². The second-order valence-corrected chi connectivity index (χ2v) is 8.39. The molecule has 168 valence electrons. The molecule has 0 spiro atoms. The first kappa shape index (κ1) is 24.4. The number of aryl methyl sites for hydroxylation is 4. The fourth-order valence-electron chi connectivity index (χ4n) is 3.96. The van der Waals surface area contributed by atoms with Crippen molar-refractivity contribution in [1.82, 2.24) is 29.1 Å². The number of fused-ring (bicyclic) bond motifs is 2. The molecule has 0 N–H and O–H groups in total. The Bertz CT molecular complexity index is 1150. The van der Waals surface area contributed by atoms with Gasteiger partial charge in [0.2, 0.25) is 0 Å². The first-order valence-electron chi connectivity index (χ1n) is 10.4. The molecule has 0 radical (unpaired) electrons. The van der Waals surface area contributed by atoms with E-state index in [-0.39, 0.29) is 19.3 Å². The molecule has 8 nitrogen and oxygen atoms in total. The number of hydrogen-bond acceptors (Lipinski definition) is 6. The number of carbonyl (C=O) groups is 1. The molecule has 1 aliphatic heterocycles. The van der Waals surface area contributed by atoms with E-state index in [0.717, 1.165) is 45.9 Å². The molecule has 0 amide bonds. The van der Waals surface area contributed by atoms with Gasteiger partial charge in [0, 0.05) is 17.8 Å². The van der Waals surface area contributed by atoms with Crippen LogP contribution >= 0.6 is 0 Å². The van der Waals surface area contributed by atoms with Crippen LogP contribution < -0.4 is 0 Å². The largest absolute Gasteiger partial charge is 0.310 e. The summed E-state index contributed by atoms with van der Waals surface area (Å²) in [5.74, 6) is 3.49. The van der Waals surface area contributed by atoms with Gasteiger partial charge in [-0.05, 0) is 62.3 Å². The standard InChI is InChI=1S/C11H16N4.C11H15N3O.CH4/c1-6(2)15-9(5)14-10-7(3)12-8(4)13-11(10)15;1-6(2)14-8(4)13-10-9(15)5-7(3)12-11(10)14;/h6H,1-5H3;6H,5H2,1-4H3;1H4. The summed E-state index contributed by atoms with van der Waals surface area (Å²) in [7, 11) is 0. The van der Waals surface area contributed by atoms with Gasteiger partial charge in [0.05, 0.1) is 12.1 Å². The fourth-order valence-corrected chi connectivity index (χ4v) is 3.96. The van der Waals surface area contributed by atoms with Gasteiger partial charge in [-0.15, -0.1) is 0 Å². The van der Waals surface area contributed by atoms with Gasteiger partial charge in [-0.1, -0.05) is 7.43 Å². The predicted molar refractivity (Wildman–Crippen MR) is 126 cm³/mol. The Morgan fingerprint density at radius 2 is 1.39 bits per heavy atom. The quantitative estimate of drug-likeness (QED) is 0.547. The number of imidazole rings is 2. The average molecular weight is 426 g/mol. The van der Waals surface area contributed by atoms with Gasteiger partial charge >= 0.3 is 0 Å². The Hall–Kier alpha value is -2.90. The monoisotopic (exact) mass is 425 g/mol. The molecule has 8 heteroatoms. The van der Waals surface area contributed by atoms with Crippen molar-refractivity contribution in [3.05, 3.63) is 28.9 Å². The van der Waals surface area contributed by atoms with Crippen molar-refractivity contribution in [2.75, 3.05) is 0 Å². The second kappa shape index (κ2) is 9.08. The molecule has 1 aliphatic rings. The lowest BCUT2D eigenvalue weighted by Crippen LogP contribution is -2.12. The zero-order valence-electron chi connectivity index (χ0n) is 19.4. The Labute approximate surface area is 184 Å². The molecule has 0 unspecified atom stereocenters. The summed E-state index contributed by atoms with van der Waals surface area (Å²) in [4.78, 5) is 33.8. The van der Waals surface area contributed by atoms with Crippen molar-refractivity contribution in [2.45, 2.75) is 88.2 Å². The first-order chi connectivity index (χ1) is 14.0. The van der Waals surface area contributed by atoms with Crippen LogP contribution in [0.25, 0.3) is 11.2 Å². The Balaban J connectivity index is 0.000000213. The van der Waals surface area contributed by atoms with Crippen LogP contribution in [0.2, 0.25) is 0 Å². The molecule has 0 saturated heterocycles. The normalized spacial score (nSPS) is 13.1. The molecule has 0 saturated carbocycles. The van der Waals surface area contributed by atoms with E-state index < -0.39 is 0 Å². The molecule has 0 fully saturated rings. The number of carbonyl (C=O) groups excluding carboxylic acids is 1. The molecular weight excluding hydrogens is 390 g/mol. The Morgan fingerprint density at radius 1 is 0.806 bits per heavy atom. The van der Waals surface area contributed by atoms with E-state index in [1.807, 2.05) is 39.2 Å². The number of nitrogens with zero attached hydrogens (tertiary/aromatic N) is 7. The summed E-state index contributed by atoms with van der Waals surface area (Å²) in [6.45, 7) is 18.1. The first-order valence-corrected chi connectivity index (χ1v) is 10.4. The van der Waals surface area contributed by atoms with Gasteiger partial charge in [0.15, 0.2) is 22.9 Å². The van der Waals surface area contributed by atoms with Crippen LogP contribution in [0, 0.1) is 27.7 Å². The highest BCUT2D eigenvalue weighted by atomic mass is 16.1. The number of ketones is 1. The number of aromatic nitrogens is 6. The molecule has 31 heavy (non-hydrogen) atoms. The van der Waals surface area contributed by atoms with Crippen LogP contribution in [0.4, 0.5) is 5.82 Å². The van der Waals surface area contributed by atoms with Crippen molar-refractivity contribution in [1.29, 1.82) is 0 Å². The summed E-state index contributed by atoms with van der Waals surface area (Å²) in [6.07, 6.45) is 0.404. The van der Waals surface area contributed by atoms with E-state index in [0.29, 0.717) is 18.2 Å². The van der Waals surface area contributed by atoms with Crippen molar-refractivity contribution in [2.24, 2.45) is 4.99 Å². The van der Waals surface area contributed by atoms with Crippen molar-refractivity contribution in [3.63, 3.8) is 0 Å². The molecule has 4 heterocycles. The molecular formula is C23H35N7O. The summed E-state index contributed by atoms with van der Waals surface area (Å²) < 4.78 is 4.16. The van der Waals surface area contributed by atoms with Crippen molar-refractivity contribution < 1.29 is 4.79 Å². The lowest BCUT2D eigenvalue weighted by atomic mass is 10.1. The van der Waals surface area contributed by atoms with Gasteiger partial charge in [-0.25, -0.2) is 24.9 Å². The zero-order chi connectivity index (χ0) is 22.3. The van der Waals surface area contributed by atoms with Crippen LogP contribution in [0.5, 0.6) is 0 Å².